The molecule has 0 fully saturated rings. The molecule has 0 aliphatic heterocycles. The summed E-state index contributed by atoms with van der Waals surface area (Å²) in [5.74, 6) is -0.536. The molecule has 0 aliphatic rings. The van der Waals surface area contributed by atoms with Crippen molar-refractivity contribution in [3.05, 3.63) is 0 Å². The van der Waals surface area contributed by atoms with Crippen LogP contribution in [0.5, 0.6) is 0 Å². The molecule has 0 spiro atoms. The predicted octanol–water partition coefficient (Wildman–Crippen LogP) is 4.14. The smallest absolute Gasteiger partial charge is 0.231 e. The Morgan fingerprint density at radius 2 is 1.11 bits per heavy atom. The highest BCUT2D eigenvalue weighted by Crippen LogP contribution is 2.56. The van der Waals surface area contributed by atoms with Gasteiger partial charge in [-0.05, 0) is 62.0 Å². The highest BCUT2D eigenvalue weighted by atomic mass is 33.9. The van der Waals surface area contributed by atoms with E-state index in [9.17, 15) is 9.59 Å². The first-order valence-electron chi connectivity index (χ1n) is 5.27. The van der Waals surface area contributed by atoms with Crippen LogP contribution in [-0.2, 0) is 9.59 Å². The van der Waals surface area contributed by atoms with Crippen molar-refractivity contribution in [3.63, 3.8) is 0 Å². The van der Waals surface area contributed by atoms with Crippen molar-refractivity contribution >= 4 is 82.5 Å². The fourth-order valence-electron chi connectivity index (χ4n) is 0.794. The van der Waals surface area contributed by atoms with E-state index in [1.54, 1.807) is 49.1 Å². The number of primary amides is 2. The van der Waals surface area contributed by atoms with Crippen LogP contribution in [0.3, 0.4) is 0 Å². The van der Waals surface area contributed by atoms with Gasteiger partial charge in [0.1, 0.15) is 0 Å². The lowest BCUT2D eigenvalue weighted by Gasteiger charge is -2.08. The zero-order valence-corrected chi connectivity index (χ0v) is 16.1. The summed E-state index contributed by atoms with van der Waals surface area (Å²) in [5, 5.41) is -0.270. The third-order valence-electron chi connectivity index (χ3n) is 1.80. The van der Waals surface area contributed by atoms with Crippen molar-refractivity contribution in [2.24, 2.45) is 11.5 Å². The molecule has 0 aliphatic carbocycles. The van der Waals surface area contributed by atoms with E-state index in [1.165, 1.54) is 21.6 Å². The summed E-state index contributed by atoms with van der Waals surface area (Å²) < 4.78 is 0. The number of carbonyl (C=O) groups is 2. The molecule has 0 heterocycles. The molecule has 2 atom stereocenters. The monoisotopic (exact) mass is 396 g/mol. The van der Waals surface area contributed by atoms with Gasteiger partial charge in [-0.15, -0.1) is 0 Å². The van der Waals surface area contributed by atoms with Crippen molar-refractivity contribution < 1.29 is 9.59 Å². The number of amides is 2. The molecule has 4 N–H and O–H groups in total. The summed E-state index contributed by atoms with van der Waals surface area (Å²) >= 11 is 0. The summed E-state index contributed by atoms with van der Waals surface area (Å²) in [5.41, 5.74) is 10.5. The standard InChI is InChI=1S/C8H16N2O2S7/c1-3-5(7(9)11)13-15-17-19-18-16-14-6(4-2)8(10)12/h5-6H,3-4H2,1-2H3,(H2,9,11)(H2,10,12). The van der Waals surface area contributed by atoms with Crippen LogP contribution >= 0.6 is 70.7 Å². The van der Waals surface area contributed by atoms with E-state index in [-0.39, 0.29) is 22.3 Å². The Balaban J connectivity index is 3.50. The van der Waals surface area contributed by atoms with Crippen LogP contribution in [-0.4, -0.2) is 22.3 Å². The Bertz CT molecular complexity index is 256. The van der Waals surface area contributed by atoms with Crippen LogP contribution in [0.25, 0.3) is 0 Å². The summed E-state index contributed by atoms with van der Waals surface area (Å²) in [7, 11) is 10.8. The molecule has 19 heavy (non-hydrogen) atoms. The van der Waals surface area contributed by atoms with Crippen LogP contribution in [0.4, 0.5) is 0 Å². The van der Waals surface area contributed by atoms with Crippen LogP contribution in [0.15, 0.2) is 0 Å². The third-order valence-corrected chi connectivity index (χ3v) is 15.7. The van der Waals surface area contributed by atoms with Gasteiger partial charge in [0.25, 0.3) is 0 Å². The Kier molecular flexibility index (Phi) is 14.0. The molecule has 0 rings (SSSR count). The molecular formula is C8H16N2O2S7. The largest absolute Gasteiger partial charge is 0.369 e. The topological polar surface area (TPSA) is 86.2 Å². The van der Waals surface area contributed by atoms with Gasteiger partial charge in [-0.25, -0.2) is 0 Å². The minimum atomic E-state index is -0.268. The average molecular weight is 397 g/mol. The van der Waals surface area contributed by atoms with Gasteiger partial charge in [-0.3, -0.25) is 9.59 Å². The first kappa shape index (κ1) is 20.4. The molecule has 2 amide bonds. The van der Waals surface area contributed by atoms with E-state index in [0.29, 0.717) is 0 Å². The van der Waals surface area contributed by atoms with Gasteiger partial charge in [-0.1, -0.05) is 35.4 Å². The van der Waals surface area contributed by atoms with E-state index in [0.717, 1.165) is 12.8 Å². The molecule has 0 aromatic rings. The van der Waals surface area contributed by atoms with Gasteiger partial charge in [-0.2, -0.15) is 0 Å². The average Bonchev–Trinajstić information content (AvgIpc) is 2.36. The number of hydrogen-bond acceptors (Lipinski definition) is 9. The van der Waals surface area contributed by atoms with Gasteiger partial charge in [0.2, 0.25) is 11.8 Å². The lowest BCUT2D eigenvalue weighted by Crippen LogP contribution is -2.23. The Hall–Kier alpha value is 1.39. The maximum Gasteiger partial charge on any atom is 0.231 e. The summed E-state index contributed by atoms with van der Waals surface area (Å²) in [4.78, 5) is 22.0. The normalized spacial score (nSPS) is 14.0. The van der Waals surface area contributed by atoms with E-state index in [2.05, 4.69) is 0 Å². The van der Waals surface area contributed by atoms with Crippen molar-refractivity contribution in [1.29, 1.82) is 0 Å². The summed E-state index contributed by atoms with van der Waals surface area (Å²) in [6.07, 6.45) is 1.49. The first-order valence-corrected chi connectivity index (χ1v) is 14.2. The Morgan fingerprint density at radius 1 is 0.789 bits per heavy atom. The van der Waals surface area contributed by atoms with E-state index in [1.807, 2.05) is 13.8 Å². The van der Waals surface area contributed by atoms with Crippen LogP contribution in [0.2, 0.25) is 0 Å². The molecule has 112 valence electrons. The highest BCUT2D eigenvalue weighted by Gasteiger charge is 2.15. The molecule has 2 unspecified atom stereocenters. The zero-order valence-electron chi connectivity index (χ0n) is 10.4. The minimum absolute atomic E-state index is 0.135. The molecule has 0 aromatic carbocycles. The van der Waals surface area contributed by atoms with Crippen molar-refractivity contribution in [1.82, 2.24) is 0 Å². The SMILES string of the molecule is CCC(SSSSSSSC(CC)C(N)=O)C(N)=O. The van der Waals surface area contributed by atoms with Gasteiger partial charge in [0.15, 0.2) is 0 Å². The third kappa shape index (κ3) is 10.7. The summed E-state index contributed by atoms with van der Waals surface area (Å²) in [6, 6.07) is 0. The van der Waals surface area contributed by atoms with Crippen LogP contribution in [0, 0.1) is 0 Å². The summed E-state index contributed by atoms with van der Waals surface area (Å²) in [6.45, 7) is 3.88. The van der Waals surface area contributed by atoms with Gasteiger partial charge < -0.3 is 11.5 Å². The van der Waals surface area contributed by atoms with E-state index < -0.39 is 0 Å². The number of rotatable bonds is 12. The number of carbonyl (C=O) groups excluding carboxylic acids is 2. The lowest BCUT2D eigenvalue weighted by molar-refractivity contribution is -0.118. The molecule has 11 heteroatoms. The Morgan fingerprint density at radius 3 is 1.37 bits per heavy atom. The lowest BCUT2D eigenvalue weighted by atomic mass is 10.3. The van der Waals surface area contributed by atoms with E-state index >= 15 is 0 Å². The van der Waals surface area contributed by atoms with Gasteiger partial charge in [0, 0.05) is 0 Å². The maximum atomic E-state index is 11.0. The fourth-order valence-corrected chi connectivity index (χ4v) is 15.9. The van der Waals surface area contributed by atoms with Crippen LogP contribution in [0.1, 0.15) is 26.7 Å². The molecule has 4 nitrogen and oxygen atoms in total. The van der Waals surface area contributed by atoms with Crippen molar-refractivity contribution in [2.75, 3.05) is 0 Å². The van der Waals surface area contributed by atoms with Crippen molar-refractivity contribution in [2.45, 2.75) is 37.2 Å². The minimum Gasteiger partial charge on any atom is -0.369 e. The molecule has 0 aromatic heterocycles. The zero-order chi connectivity index (χ0) is 14.7. The molecule has 0 radical (unpaired) electrons. The fraction of sp³-hybridized carbons (Fsp3) is 0.750. The predicted molar refractivity (Wildman–Crippen MR) is 99.7 cm³/mol. The molecule has 0 saturated carbocycles. The molecule has 0 bridgehead atoms. The second kappa shape index (κ2) is 13.1. The van der Waals surface area contributed by atoms with Crippen molar-refractivity contribution in [3.8, 4) is 0 Å². The Labute approximate surface area is 140 Å². The number of nitrogens with two attached hydrogens (primary N) is 2. The maximum absolute atomic E-state index is 11.0. The number of hydrogen-bond donors (Lipinski definition) is 2. The second-order valence-electron chi connectivity index (χ2n) is 3.13. The van der Waals surface area contributed by atoms with E-state index in [4.69, 9.17) is 11.5 Å². The second-order valence-corrected chi connectivity index (χ2v) is 14.7. The highest BCUT2D eigenvalue weighted by molar-refractivity contribution is 9.46. The van der Waals surface area contributed by atoms with Gasteiger partial charge in [0.05, 0.1) is 10.5 Å². The van der Waals surface area contributed by atoms with Crippen LogP contribution < -0.4 is 11.5 Å². The first-order chi connectivity index (χ1) is 9.02. The molecular weight excluding hydrogens is 381 g/mol. The van der Waals surface area contributed by atoms with Gasteiger partial charge >= 0.3 is 0 Å². The quantitative estimate of drug-likeness (QED) is 0.373. The molecule has 0 saturated heterocycles.